The third-order valence-electron chi connectivity index (χ3n) is 3.28. The fraction of sp³-hybridized carbons (Fsp3) is 0.500. The summed E-state index contributed by atoms with van der Waals surface area (Å²) in [5.74, 6) is -1.01. The third kappa shape index (κ3) is 1.76. The molecule has 0 aliphatic heterocycles. The highest BCUT2D eigenvalue weighted by Gasteiger charge is 2.33. The Labute approximate surface area is 88.3 Å². The Morgan fingerprint density at radius 1 is 1.13 bits per heavy atom. The van der Waals surface area contributed by atoms with Crippen LogP contribution in [0.1, 0.15) is 36.8 Å². The fourth-order valence-corrected chi connectivity index (χ4v) is 2.31. The van der Waals surface area contributed by atoms with Gasteiger partial charge in [0.25, 0.3) is 0 Å². The van der Waals surface area contributed by atoms with Crippen molar-refractivity contribution in [3.63, 3.8) is 0 Å². The topological polar surface area (TPSA) is 26.0 Å². The van der Waals surface area contributed by atoms with E-state index in [0.29, 0.717) is 11.1 Å². The lowest BCUT2D eigenvalue weighted by atomic mass is 9.88. The van der Waals surface area contributed by atoms with Gasteiger partial charge < -0.3 is 5.73 Å². The number of hydrogen-bond donors (Lipinski definition) is 1. The highest BCUT2D eigenvalue weighted by molar-refractivity contribution is 5.32. The maximum Gasteiger partial charge on any atom is 0.131 e. The van der Waals surface area contributed by atoms with Crippen molar-refractivity contribution in [3.05, 3.63) is 34.9 Å². The molecule has 15 heavy (non-hydrogen) atoms. The largest absolute Gasteiger partial charge is 0.321 e. The number of aryl methyl sites for hydroxylation is 1. The van der Waals surface area contributed by atoms with E-state index in [9.17, 15) is 8.78 Å². The first-order valence-electron chi connectivity index (χ1n) is 5.28. The van der Waals surface area contributed by atoms with E-state index in [1.165, 1.54) is 0 Å². The van der Waals surface area contributed by atoms with E-state index in [4.69, 9.17) is 5.73 Å². The van der Waals surface area contributed by atoms with Crippen molar-refractivity contribution >= 4 is 0 Å². The molecular formula is C12H15F2N. The van der Waals surface area contributed by atoms with Crippen LogP contribution in [0.3, 0.4) is 0 Å². The molecule has 0 aromatic heterocycles. The first kappa shape index (κ1) is 10.6. The van der Waals surface area contributed by atoms with Gasteiger partial charge >= 0.3 is 0 Å². The molecule has 0 radical (unpaired) electrons. The molecule has 0 unspecified atom stereocenters. The normalized spacial score (nSPS) is 19.5. The molecular weight excluding hydrogens is 196 g/mol. The van der Waals surface area contributed by atoms with Gasteiger partial charge in [0.1, 0.15) is 11.6 Å². The van der Waals surface area contributed by atoms with Crippen LogP contribution in [-0.2, 0) is 5.54 Å². The van der Waals surface area contributed by atoms with E-state index >= 15 is 0 Å². The van der Waals surface area contributed by atoms with Crippen molar-refractivity contribution in [2.75, 3.05) is 0 Å². The zero-order chi connectivity index (χ0) is 11.1. The number of benzene rings is 1. The van der Waals surface area contributed by atoms with Gasteiger partial charge in [0.15, 0.2) is 0 Å². The summed E-state index contributed by atoms with van der Waals surface area (Å²) in [6, 6.07) is 2.49. The maximum atomic E-state index is 13.6. The van der Waals surface area contributed by atoms with Crippen molar-refractivity contribution < 1.29 is 8.78 Å². The standard InChI is InChI=1S/C12H15F2N/c1-8-6-9(11(14)7-10(8)13)12(15)4-2-3-5-12/h6-7H,2-5,15H2,1H3. The number of nitrogens with two attached hydrogens (primary N) is 1. The van der Waals surface area contributed by atoms with E-state index in [1.54, 1.807) is 13.0 Å². The molecule has 1 fully saturated rings. The Morgan fingerprint density at radius 3 is 2.33 bits per heavy atom. The van der Waals surface area contributed by atoms with Crippen LogP contribution in [-0.4, -0.2) is 0 Å². The van der Waals surface area contributed by atoms with Crippen molar-refractivity contribution in [2.45, 2.75) is 38.1 Å². The minimum absolute atomic E-state index is 0.461. The van der Waals surface area contributed by atoms with Gasteiger partial charge in [-0.1, -0.05) is 12.8 Å². The summed E-state index contributed by atoms with van der Waals surface area (Å²) in [5, 5.41) is 0. The van der Waals surface area contributed by atoms with Gasteiger partial charge in [-0.2, -0.15) is 0 Å². The Bertz CT molecular complexity index is 381. The van der Waals surface area contributed by atoms with Crippen LogP contribution in [0.5, 0.6) is 0 Å². The van der Waals surface area contributed by atoms with Gasteiger partial charge in [0, 0.05) is 17.2 Å². The molecule has 0 bridgehead atoms. The van der Waals surface area contributed by atoms with E-state index in [0.717, 1.165) is 31.7 Å². The molecule has 82 valence electrons. The zero-order valence-electron chi connectivity index (χ0n) is 8.82. The second kappa shape index (κ2) is 3.56. The predicted molar refractivity (Wildman–Crippen MR) is 55.4 cm³/mol. The summed E-state index contributed by atoms with van der Waals surface area (Å²) in [7, 11) is 0. The molecule has 0 saturated heterocycles. The van der Waals surface area contributed by atoms with E-state index in [-0.39, 0.29) is 0 Å². The number of hydrogen-bond acceptors (Lipinski definition) is 1. The van der Waals surface area contributed by atoms with E-state index in [2.05, 4.69) is 0 Å². The molecule has 1 aliphatic rings. The van der Waals surface area contributed by atoms with Gasteiger partial charge in [-0.3, -0.25) is 0 Å². The predicted octanol–water partition coefficient (Wildman–Crippen LogP) is 3.00. The second-order valence-electron chi connectivity index (χ2n) is 4.44. The van der Waals surface area contributed by atoms with Crippen LogP contribution in [0.2, 0.25) is 0 Å². The maximum absolute atomic E-state index is 13.6. The van der Waals surface area contributed by atoms with E-state index in [1.807, 2.05) is 0 Å². The Hall–Kier alpha value is -0.960. The molecule has 0 atom stereocenters. The molecule has 0 spiro atoms. The Balaban J connectivity index is 2.48. The molecule has 1 saturated carbocycles. The molecule has 3 heteroatoms. The average molecular weight is 211 g/mol. The lowest BCUT2D eigenvalue weighted by Gasteiger charge is -2.25. The van der Waals surface area contributed by atoms with Crippen LogP contribution in [0.25, 0.3) is 0 Å². The van der Waals surface area contributed by atoms with Gasteiger partial charge in [0.2, 0.25) is 0 Å². The molecule has 0 amide bonds. The van der Waals surface area contributed by atoms with Crippen molar-refractivity contribution in [3.8, 4) is 0 Å². The van der Waals surface area contributed by atoms with Crippen LogP contribution in [0.4, 0.5) is 8.78 Å². The molecule has 0 heterocycles. The quantitative estimate of drug-likeness (QED) is 0.759. The second-order valence-corrected chi connectivity index (χ2v) is 4.44. The fourth-order valence-electron chi connectivity index (χ4n) is 2.31. The SMILES string of the molecule is Cc1cc(C2(N)CCCC2)c(F)cc1F. The lowest BCUT2D eigenvalue weighted by Crippen LogP contribution is -2.34. The monoisotopic (exact) mass is 211 g/mol. The van der Waals surface area contributed by atoms with Crippen molar-refractivity contribution in [1.82, 2.24) is 0 Å². The van der Waals surface area contributed by atoms with Gasteiger partial charge in [-0.05, 0) is 31.4 Å². The molecule has 1 aromatic carbocycles. The minimum Gasteiger partial charge on any atom is -0.321 e. The van der Waals surface area contributed by atoms with Crippen LogP contribution in [0, 0.1) is 18.6 Å². The van der Waals surface area contributed by atoms with E-state index < -0.39 is 17.2 Å². The molecule has 1 nitrogen and oxygen atoms in total. The highest BCUT2D eigenvalue weighted by Crippen LogP contribution is 2.38. The van der Waals surface area contributed by atoms with Gasteiger partial charge in [-0.15, -0.1) is 0 Å². The van der Waals surface area contributed by atoms with Crippen LogP contribution < -0.4 is 5.73 Å². The molecule has 1 aliphatic carbocycles. The number of rotatable bonds is 1. The van der Waals surface area contributed by atoms with Crippen LogP contribution in [0.15, 0.2) is 12.1 Å². The summed E-state index contributed by atoms with van der Waals surface area (Å²) < 4.78 is 26.7. The molecule has 1 aromatic rings. The Kier molecular flexibility index (Phi) is 2.51. The van der Waals surface area contributed by atoms with Crippen LogP contribution >= 0.6 is 0 Å². The summed E-state index contributed by atoms with van der Waals surface area (Å²) >= 11 is 0. The highest BCUT2D eigenvalue weighted by atomic mass is 19.1. The van der Waals surface area contributed by atoms with Crippen molar-refractivity contribution in [1.29, 1.82) is 0 Å². The average Bonchev–Trinajstić information content (AvgIpc) is 2.60. The summed E-state index contributed by atoms with van der Waals surface area (Å²) in [6.45, 7) is 1.64. The summed E-state index contributed by atoms with van der Waals surface area (Å²) in [4.78, 5) is 0. The van der Waals surface area contributed by atoms with Gasteiger partial charge in [-0.25, -0.2) is 8.78 Å². The third-order valence-corrected chi connectivity index (χ3v) is 3.28. The Morgan fingerprint density at radius 2 is 1.73 bits per heavy atom. The summed E-state index contributed by atoms with van der Waals surface area (Å²) in [5.41, 5.74) is 6.49. The first-order valence-corrected chi connectivity index (χ1v) is 5.28. The minimum atomic E-state index is -0.581. The number of halogens is 2. The molecule has 2 rings (SSSR count). The van der Waals surface area contributed by atoms with Crippen molar-refractivity contribution in [2.24, 2.45) is 5.73 Å². The first-order chi connectivity index (χ1) is 7.03. The smallest absolute Gasteiger partial charge is 0.131 e. The van der Waals surface area contributed by atoms with Gasteiger partial charge in [0.05, 0.1) is 0 Å². The summed E-state index contributed by atoms with van der Waals surface area (Å²) in [6.07, 6.45) is 3.61. The lowest BCUT2D eigenvalue weighted by molar-refractivity contribution is 0.429. The molecule has 2 N–H and O–H groups in total. The zero-order valence-corrected chi connectivity index (χ0v) is 8.82.